The van der Waals surface area contributed by atoms with Crippen LogP contribution in [0.5, 0.6) is 17.2 Å². The first kappa shape index (κ1) is 14.6. The maximum atomic E-state index is 11.0. The smallest absolute Gasteiger partial charge is 0.427 e. The van der Waals surface area contributed by atoms with Crippen LogP contribution in [-0.2, 0) is 4.74 Å². The third kappa shape index (κ3) is 4.06. The van der Waals surface area contributed by atoms with Crippen molar-refractivity contribution in [2.45, 2.75) is 6.92 Å². The van der Waals surface area contributed by atoms with Crippen LogP contribution >= 0.6 is 0 Å². The second-order valence-corrected chi connectivity index (χ2v) is 3.35. The predicted molar refractivity (Wildman–Crippen MR) is 69.0 cm³/mol. The molecule has 104 valence electrons. The van der Waals surface area contributed by atoms with Crippen molar-refractivity contribution in [3.63, 3.8) is 0 Å². The number of phenolic OH excluding ortho intramolecular Hbond substituents is 1. The Balaban J connectivity index is 2.88. The molecular formula is C12H16N2O5. The van der Waals surface area contributed by atoms with Crippen molar-refractivity contribution in [3.8, 4) is 17.2 Å². The van der Waals surface area contributed by atoms with Gasteiger partial charge in [0.25, 0.3) is 0 Å². The molecule has 7 nitrogen and oxygen atoms in total. The highest BCUT2D eigenvalue weighted by Crippen LogP contribution is 2.31. The summed E-state index contributed by atoms with van der Waals surface area (Å²) in [5.41, 5.74) is 2.47. The highest BCUT2D eigenvalue weighted by Gasteiger charge is 2.10. The summed E-state index contributed by atoms with van der Waals surface area (Å²) >= 11 is 0. The van der Waals surface area contributed by atoms with E-state index in [1.54, 1.807) is 13.0 Å². The van der Waals surface area contributed by atoms with E-state index in [2.05, 4.69) is 15.3 Å². The van der Waals surface area contributed by atoms with E-state index in [0.29, 0.717) is 17.1 Å². The van der Waals surface area contributed by atoms with Crippen molar-refractivity contribution < 1.29 is 24.1 Å². The molecule has 7 heteroatoms. The number of phenols is 1. The fourth-order valence-corrected chi connectivity index (χ4v) is 1.32. The summed E-state index contributed by atoms with van der Waals surface area (Å²) in [7, 11) is 2.93. The van der Waals surface area contributed by atoms with Gasteiger partial charge in [0, 0.05) is 12.1 Å². The summed E-state index contributed by atoms with van der Waals surface area (Å²) in [6.45, 7) is 1.93. The minimum absolute atomic E-state index is 0.0781. The summed E-state index contributed by atoms with van der Waals surface area (Å²) in [6, 6.07) is 3.00. The molecule has 1 aromatic rings. The molecule has 0 saturated carbocycles. The Labute approximate surface area is 110 Å². The molecule has 0 bridgehead atoms. The van der Waals surface area contributed by atoms with Gasteiger partial charge in [0.2, 0.25) is 0 Å². The van der Waals surface area contributed by atoms with E-state index in [9.17, 15) is 9.90 Å². The topological polar surface area (TPSA) is 89.4 Å². The average Bonchev–Trinajstić information content (AvgIpc) is 2.40. The SMILES string of the molecule is CCOC(=O)NN=Cc1c(O)cc(OC)cc1OC. The minimum atomic E-state index is -0.675. The summed E-state index contributed by atoms with van der Waals surface area (Å²) in [5, 5.41) is 13.5. The number of amides is 1. The summed E-state index contributed by atoms with van der Waals surface area (Å²) in [4.78, 5) is 11.0. The van der Waals surface area contributed by atoms with Gasteiger partial charge in [0.15, 0.2) is 0 Å². The number of rotatable bonds is 5. The number of hydrogen-bond donors (Lipinski definition) is 2. The lowest BCUT2D eigenvalue weighted by atomic mass is 10.2. The highest BCUT2D eigenvalue weighted by atomic mass is 16.5. The van der Waals surface area contributed by atoms with Crippen LogP contribution in [0.1, 0.15) is 12.5 Å². The molecule has 0 aliphatic carbocycles. The molecular weight excluding hydrogens is 252 g/mol. The molecule has 0 unspecified atom stereocenters. The molecule has 0 heterocycles. The number of nitrogens with one attached hydrogen (secondary N) is 1. The maximum Gasteiger partial charge on any atom is 0.427 e. The lowest BCUT2D eigenvalue weighted by Crippen LogP contribution is -2.18. The zero-order valence-electron chi connectivity index (χ0n) is 11.0. The van der Waals surface area contributed by atoms with Gasteiger partial charge in [-0.2, -0.15) is 5.10 Å². The Morgan fingerprint density at radius 2 is 2.16 bits per heavy atom. The lowest BCUT2D eigenvalue weighted by molar-refractivity contribution is 0.152. The Bertz CT molecular complexity index is 473. The van der Waals surface area contributed by atoms with Crippen LogP contribution in [0.3, 0.4) is 0 Å². The van der Waals surface area contributed by atoms with Gasteiger partial charge in [-0.25, -0.2) is 10.2 Å². The van der Waals surface area contributed by atoms with Crippen LogP contribution in [0.2, 0.25) is 0 Å². The van der Waals surface area contributed by atoms with E-state index in [-0.39, 0.29) is 12.4 Å². The molecule has 2 N–H and O–H groups in total. The van der Waals surface area contributed by atoms with Crippen LogP contribution in [-0.4, -0.2) is 38.2 Å². The molecule has 19 heavy (non-hydrogen) atoms. The zero-order chi connectivity index (χ0) is 14.3. The molecule has 0 radical (unpaired) electrons. The van der Waals surface area contributed by atoms with Crippen LogP contribution in [0, 0.1) is 0 Å². The molecule has 1 rings (SSSR count). The van der Waals surface area contributed by atoms with E-state index >= 15 is 0 Å². The standard InChI is InChI=1S/C12H16N2O5/c1-4-19-12(16)14-13-7-9-10(15)5-8(17-2)6-11(9)18-3/h5-7,15H,4H2,1-3H3,(H,14,16). The fraction of sp³-hybridized carbons (Fsp3) is 0.333. The Hall–Kier alpha value is -2.44. The number of carbonyl (C=O) groups excluding carboxylic acids is 1. The maximum absolute atomic E-state index is 11.0. The van der Waals surface area contributed by atoms with Crippen molar-refractivity contribution in [1.82, 2.24) is 5.43 Å². The van der Waals surface area contributed by atoms with Gasteiger partial charge >= 0.3 is 6.09 Å². The molecule has 0 aliphatic rings. The second kappa shape index (κ2) is 7.10. The highest BCUT2D eigenvalue weighted by molar-refractivity contribution is 5.88. The van der Waals surface area contributed by atoms with Crippen LogP contribution in [0.4, 0.5) is 4.79 Å². The van der Waals surface area contributed by atoms with Crippen molar-refractivity contribution in [1.29, 1.82) is 0 Å². The first-order chi connectivity index (χ1) is 9.12. The molecule has 0 saturated heterocycles. The minimum Gasteiger partial charge on any atom is -0.507 e. The normalized spacial score (nSPS) is 10.3. The number of hydrazone groups is 1. The first-order valence-electron chi connectivity index (χ1n) is 5.53. The van der Waals surface area contributed by atoms with Crippen molar-refractivity contribution >= 4 is 12.3 Å². The third-order valence-corrected chi connectivity index (χ3v) is 2.17. The lowest BCUT2D eigenvalue weighted by Gasteiger charge is -2.09. The third-order valence-electron chi connectivity index (χ3n) is 2.17. The molecule has 0 aromatic heterocycles. The number of benzene rings is 1. The number of nitrogens with zero attached hydrogens (tertiary/aromatic N) is 1. The Kier molecular flexibility index (Phi) is 5.46. The van der Waals surface area contributed by atoms with Crippen molar-refractivity contribution in [2.75, 3.05) is 20.8 Å². The van der Waals surface area contributed by atoms with E-state index in [1.165, 1.54) is 26.5 Å². The van der Waals surface area contributed by atoms with Gasteiger partial charge in [-0.1, -0.05) is 0 Å². The number of ether oxygens (including phenoxy) is 3. The summed E-state index contributed by atoms with van der Waals surface area (Å²) < 4.78 is 14.7. The first-order valence-corrected chi connectivity index (χ1v) is 5.53. The molecule has 0 aliphatic heterocycles. The van der Waals surface area contributed by atoms with Crippen molar-refractivity contribution in [3.05, 3.63) is 17.7 Å². The number of carbonyl (C=O) groups is 1. The largest absolute Gasteiger partial charge is 0.507 e. The zero-order valence-corrected chi connectivity index (χ0v) is 11.0. The van der Waals surface area contributed by atoms with E-state index in [4.69, 9.17) is 9.47 Å². The van der Waals surface area contributed by atoms with Crippen LogP contribution < -0.4 is 14.9 Å². The van der Waals surface area contributed by atoms with Gasteiger partial charge in [-0.05, 0) is 6.92 Å². The van der Waals surface area contributed by atoms with E-state index < -0.39 is 6.09 Å². The number of aromatic hydroxyl groups is 1. The van der Waals surface area contributed by atoms with Crippen LogP contribution in [0.15, 0.2) is 17.2 Å². The summed E-state index contributed by atoms with van der Waals surface area (Å²) in [6.07, 6.45) is 0.579. The Morgan fingerprint density at radius 3 is 2.74 bits per heavy atom. The quantitative estimate of drug-likeness (QED) is 0.623. The molecule has 0 atom stereocenters. The van der Waals surface area contributed by atoms with Crippen LogP contribution in [0.25, 0.3) is 0 Å². The molecule has 0 fully saturated rings. The number of hydrogen-bond acceptors (Lipinski definition) is 6. The van der Waals surface area contributed by atoms with Gasteiger partial charge in [0.05, 0.1) is 32.6 Å². The number of methoxy groups -OCH3 is 2. The molecule has 0 spiro atoms. The van der Waals surface area contributed by atoms with Crippen molar-refractivity contribution in [2.24, 2.45) is 5.10 Å². The fourth-order valence-electron chi connectivity index (χ4n) is 1.32. The Morgan fingerprint density at radius 1 is 1.42 bits per heavy atom. The second-order valence-electron chi connectivity index (χ2n) is 3.35. The van der Waals surface area contributed by atoms with Gasteiger partial charge in [-0.3, -0.25) is 0 Å². The van der Waals surface area contributed by atoms with Gasteiger partial charge in [0.1, 0.15) is 17.2 Å². The molecule has 1 aromatic carbocycles. The van der Waals surface area contributed by atoms with Gasteiger partial charge in [-0.15, -0.1) is 0 Å². The monoisotopic (exact) mass is 268 g/mol. The van der Waals surface area contributed by atoms with E-state index in [0.717, 1.165) is 0 Å². The van der Waals surface area contributed by atoms with E-state index in [1.807, 2.05) is 0 Å². The molecule has 1 amide bonds. The predicted octanol–water partition coefficient (Wildman–Crippen LogP) is 1.49. The summed E-state index contributed by atoms with van der Waals surface area (Å²) in [5.74, 6) is 0.738. The average molecular weight is 268 g/mol. The van der Waals surface area contributed by atoms with Gasteiger partial charge < -0.3 is 19.3 Å².